The van der Waals surface area contributed by atoms with Gasteiger partial charge in [0.1, 0.15) is 12.4 Å². The van der Waals surface area contributed by atoms with Crippen LogP contribution in [0.2, 0.25) is 0 Å². The van der Waals surface area contributed by atoms with Crippen molar-refractivity contribution >= 4 is 5.97 Å². The Labute approximate surface area is 121 Å². The Morgan fingerprint density at radius 3 is 2.90 bits per heavy atom. The minimum absolute atomic E-state index is 0.155. The van der Waals surface area contributed by atoms with Crippen LogP contribution in [0.25, 0.3) is 0 Å². The van der Waals surface area contributed by atoms with Crippen molar-refractivity contribution in [3.63, 3.8) is 0 Å². The first-order valence-electron chi connectivity index (χ1n) is 6.42. The standard InChI is InChI=1S/C14H16FN3O3/c1-10-13(14(19)21-7-6-20-2)16-17-18(10)9-11-4-3-5-12(15)8-11/h3-5,8H,6-7,9H2,1-2H3. The molecule has 0 spiro atoms. The van der Waals surface area contributed by atoms with Crippen LogP contribution in [0.15, 0.2) is 24.3 Å². The summed E-state index contributed by atoms with van der Waals surface area (Å²) >= 11 is 0. The van der Waals surface area contributed by atoms with Crippen LogP contribution in [0, 0.1) is 12.7 Å². The molecule has 0 aliphatic carbocycles. The van der Waals surface area contributed by atoms with Crippen LogP contribution in [-0.4, -0.2) is 41.3 Å². The summed E-state index contributed by atoms with van der Waals surface area (Å²) < 4.78 is 24.5. The number of hydrogen-bond donors (Lipinski definition) is 0. The van der Waals surface area contributed by atoms with E-state index in [-0.39, 0.29) is 18.1 Å². The summed E-state index contributed by atoms with van der Waals surface area (Å²) in [5.74, 6) is -0.862. The molecule has 0 atom stereocenters. The van der Waals surface area contributed by atoms with Gasteiger partial charge in [0.15, 0.2) is 5.69 Å². The number of rotatable bonds is 6. The second-order valence-electron chi connectivity index (χ2n) is 4.44. The van der Waals surface area contributed by atoms with Gasteiger partial charge in [-0.3, -0.25) is 0 Å². The maximum Gasteiger partial charge on any atom is 0.360 e. The van der Waals surface area contributed by atoms with Gasteiger partial charge in [-0.2, -0.15) is 0 Å². The highest BCUT2D eigenvalue weighted by Gasteiger charge is 2.17. The van der Waals surface area contributed by atoms with Crippen molar-refractivity contribution in [2.45, 2.75) is 13.5 Å². The molecule has 21 heavy (non-hydrogen) atoms. The summed E-state index contributed by atoms with van der Waals surface area (Å²) in [4.78, 5) is 11.8. The molecule has 0 radical (unpaired) electrons. The molecule has 0 aliphatic rings. The van der Waals surface area contributed by atoms with E-state index in [1.54, 1.807) is 19.1 Å². The Morgan fingerprint density at radius 1 is 1.38 bits per heavy atom. The van der Waals surface area contributed by atoms with Gasteiger partial charge in [0.2, 0.25) is 0 Å². The minimum atomic E-state index is -0.546. The van der Waals surface area contributed by atoms with Crippen LogP contribution < -0.4 is 0 Å². The van der Waals surface area contributed by atoms with Crippen molar-refractivity contribution in [3.05, 3.63) is 47.0 Å². The molecule has 2 aromatic rings. The number of hydrogen-bond acceptors (Lipinski definition) is 5. The second kappa shape index (κ2) is 6.94. The number of methoxy groups -OCH3 is 1. The number of aromatic nitrogens is 3. The third kappa shape index (κ3) is 3.85. The van der Waals surface area contributed by atoms with Crippen molar-refractivity contribution in [2.75, 3.05) is 20.3 Å². The monoisotopic (exact) mass is 293 g/mol. The molecule has 0 bridgehead atoms. The molecule has 6 nitrogen and oxygen atoms in total. The molecule has 112 valence electrons. The maximum absolute atomic E-state index is 13.1. The molecule has 0 fully saturated rings. The van der Waals surface area contributed by atoms with Crippen LogP contribution in [0.3, 0.4) is 0 Å². The lowest BCUT2D eigenvalue weighted by Gasteiger charge is -2.05. The fourth-order valence-corrected chi connectivity index (χ4v) is 1.79. The molecule has 0 saturated carbocycles. The summed E-state index contributed by atoms with van der Waals surface area (Å²) in [7, 11) is 1.52. The largest absolute Gasteiger partial charge is 0.458 e. The van der Waals surface area contributed by atoms with Crippen molar-refractivity contribution in [1.29, 1.82) is 0 Å². The first-order chi connectivity index (χ1) is 10.1. The normalized spacial score (nSPS) is 10.6. The van der Waals surface area contributed by atoms with Gasteiger partial charge >= 0.3 is 5.97 Å². The highest BCUT2D eigenvalue weighted by Crippen LogP contribution is 2.10. The molecule has 2 rings (SSSR count). The number of esters is 1. The van der Waals surface area contributed by atoms with Crippen LogP contribution in [-0.2, 0) is 16.0 Å². The Morgan fingerprint density at radius 2 is 2.19 bits per heavy atom. The number of halogens is 1. The SMILES string of the molecule is COCCOC(=O)c1nnn(Cc2cccc(F)c2)c1C. The molecular weight excluding hydrogens is 277 g/mol. The number of carbonyl (C=O) groups is 1. The van der Waals surface area contributed by atoms with Gasteiger partial charge in [0.05, 0.1) is 18.8 Å². The molecule has 0 amide bonds. The zero-order valence-corrected chi connectivity index (χ0v) is 11.9. The lowest BCUT2D eigenvalue weighted by atomic mass is 10.2. The zero-order chi connectivity index (χ0) is 15.2. The number of ether oxygens (including phenoxy) is 2. The average Bonchev–Trinajstić information content (AvgIpc) is 2.80. The molecule has 1 aromatic carbocycles. The highest BCUT2D eigenvalue weighted by molar-refractivity contribution is 5.88. The Hall–Kier alpha value is -2.28. The quantitative estimate of drug-likeness (QED) is 0.597. The summed E-state index contributed by atoms with van der Waals surface area (Å²) in [6.07, 6.45) is 0. The van der Waals surface area contributed by atoms with Crippen LogP contribution >= 0.6 is 0 Å². The number of benzene rings is 1. The molecule has 1 heterocycles. The third-order valence-corrected chi connectivity index (χ3v) is 2.92. The van der Waals surface area contributed by atoms with E-state index >= 15 is 0 Å². The van der Waals surface area contributed by atoms with Gasteiger partial charge in [0.25, 0.3) is 0 Å². The van der Waals surface area contributed by atoms with E-state index in [9.17, 15) is 9.18 Å². The van der Waals surface area contributed by atoms with Gasteiger partial charge in [-0.05, 0) is 24.6 Å². The fourth-order valence-electron chi connectivity index (χ4n) is 1.79. The van der Waals surface area contributed by atoms with Crippen molar-refractivity contribution in [2.24, 2.45) is 0 Å². The molecule has 1 aromatic heterocycles. The van der Waals surface area contributed by atoms with Gasteiger partial charge in [0, 0.05) is 7.11 Å². The number of carbonyl (C=O) groups excluding carboxylic acids is 1. The first kappa shape index (κ1) is 15.1. The van der Waals surface area contributed by atoms with Crippen LogP contribution in [0.5, 0.6) is 0 Å². The topological polar surface area (TPSA) is 66.2 Å². The zero-order valence-electron chi connectivity index (χ0n) is 11.9. The van der Waals surface area contributed by atoms with E-state index in [1.165, 1.54) is 23.9 Å². The average molecular weight is 293 g/mol. The molecule has 7 heteroatoms. The predicted molar refractivity (Wildman–Crippen MR) is 72.4 cm³/mol. The van der Waals surface area contributed by atoms with Crippen molar-refractivity contribution in [1.82, 2.24) is 15.0 Å². The predicted octanol–water partition coefficient (Wildman–Crippen LogP) is 1.58. The van der Waals surface area contributed by atoms with E-state index in [0.717, 1.165) is 5.56 Å². The smallest absolute Gasteiger partial charge is 0.360 e. The van der Waals surface area contributed by atoms with Crippen LogP contribution in [0.4, 0.5) is 4.39 Å². The first-order valence-corrected chi connectivity index (χ1v) is 6.42. The summed E-state index contributed by atoms with van der Waals surface area (Å²) in [6, 6.07) is 6.19. The summed E-state index contributed by atoms with van der Waals surface area (Å²) in [5.41, 5.74) is 1.46. The highest BCUT2D eigenvalue weighted by atomic mass is 19.1. The van der Waals surface area contributed by atoms with Crippen molar-refractivity contribution in [3.8, 4) is 0 Å². The van der Waals surface area contributed by atoms with Crippen molar-refractivity contribution < 1.29 is 18.7 Å². The van der Waals surface area contributed by atoms with E-state index in [0.29, 0.717) is 18.8 Å². The molecule has 0 aliphatic heterocycles. The second-order valence-corrected chi connectivity index (χ2v) is 4.44. The van der Waals surface area contributed by atoms with E-state index in [2.05, 4.69) is 10.3 Å². The van der Waals surface area contributed by atoms with Gasteiger partial charge in [-0.1, -0.05) is 17.3 Å². The molecule has 0 saturated heterocycles. The summed E-state index contributed by atoms with van der Waals surface area (Å²) in [5, 5.41) is 7.72. The minimum Gasteiger partial charge on any atom is -0.458 e. The van der Waals surface area contributed by atoms with E-state index < -0.39 is 5.97 Å². The van der Waals surface area contributed by atoms with E-state index in [1.807, 2.05) is 0 Å². The van der Waals surface area contributed by atoms with Gasteiger partial charge in [-0.15, -0.1) is 5.10 Å². The van der Waals surface area contributed by atoms with E-state index in [4.69, 9.17) is 9.47 Å². The third-order valence-electron chi connectivity index (χ3n) is 2.92. The Balaban J connectivity index is 2.08. The molecule has 0 unspecified atom stereocenters. The lowest BCUT2D eigenvalue weighted by molar-refractivity contribution is 0.0380. The Kier molecular flexibility index (Phi) is 4.99. The lowest BCUT2D eigenvalue weighted by Crippen LogP contribution is -2.12. The summed E-state index contributed by atoms with van der Waals surface area (Å²) in [6.45, 7) is 2.53. The van der Waals surface area contributed by atoms with Gasteiger partial charge < -0.3 is 9.47 Å². The number of nitrogens with zero attached hydrogens (tertiary/aromatic N) is 3. The molecular formula is C14H16FN3O3. The molecule has 0 N–H and O–H groups in total. The van der Waals surface area contributed by atoms with Gasteiger partial charge in [-0.25, -0.2) is 13.9 Å². The maximum atomic E-state index is 13.1. The van der Waals surface area contributed by atoms with Crippen LogP contribution in [0.1, 0.15) is 21.7 Å². The Bertz CT molecular complexity index is 628. The fraction of sp³-hybridized carbons (Fsp3) is 0.357.